The number of ether oxygens (including phenoxy) is 1. The molecule has 2 rings (SSSR count). The smallest absolute Gasteiger partial charge is 0.246 e. The number of rotatable bonds is 6. The van der Waals surface area contributed by atoms with E-state index in [1.54, 1.807) is 14.0 Å². The normalized spacial score (nSPS) is 17.3. The molecule has 7 heteroatoms. The van der Waals surface area contributed by atoms with E-state index in [0.717, 1.165) is 6.54 Å². The Morgan fingerprint density at radius 1 is 1.27 bits per heavy atom. The number of hydrogen-bond donors (Lipinski definition) is 2. The van der Waals surface area contributed by atoms with Gasteiger partial charge in [0.25, 0.3) is 0 Å². The first-order chi connectivity index (χ1) is 10.8. The number of aliphatic imine (C=N–C) groups is 1. The molecular weight excluding hydrogens is 282 g/mol. The number of aromatic nitrogens is 2. The molecule has 1 aliphatic rings. The lowest BCUT2D eigenvalue weighted by Crippen LogP contribution is -2.39. The lowest BCUT2D eigenvalue weighted by molar-refractivity contribution is 0.0468. The molecule has 0 aliphatic heterocycles. The Morgan fingerprint density at radius 3 is 2.68 bits per heavy atom. The third-order valence-electron chi connectivity index (χ3n) is 3.75. The Hall–Kier alpha value is -1.63. The van der Waals surface area contributed by atoms with Gasteiger partial charge in [-0.1, -0.05) is 30.8 Å². The molecule has 0 unspecified atom stereocenters. The van der Waals surface area contributed by atoms with E-state index in [4.69, 9.17) is 9.26 Å². The summed E-state index contributed by atoms with van der Waals surface area (Å²) in [5.74, 6) is 1.90. The first-order valence-electron chi connectivity index (χ1n) is 8.13. The standard InChI is InChI=1S/C15H27N5O2/c1-12-19-14(22-20-12)11-18-15(16-2)17-9-10-21-13-7-5-3-4-6-8-13/h13H,3-11H2,1-2H3,(H2,16,17,18). The van der Waals surface area contributed by atoms with Gasteiger partial charge in [0.2, 0.25) is 5.89 Å². The summed E-state index contributed by atoms with van der Waals surface area (Å²) in [5.41, 5.74) is 0. The zero-order valence-electron chi connectivity index (χ0n) is 13.6. The van der Waals surface area contributed by atoms with Crippen LogP contribution < -0.4 is 10.6 Å². The van der Waals surface area contributed by atoms with E-state index in [9.17, 15) is 0 Å². The van der Waals surface area contributed by atoms with E-state index >= 15 is 0 Å². The minimum atomic E-state index is 0.431. The van der Waals surface area contributed by atoms with Gasteiger partial charge in [-0.25, -0.2) is 0 Å². The van der Waals surface area contributed by atoms with Crippen LogP contribution in [-0.2, 0) is 11.3 Å². The summed E-state index contributed by atoms with van der Waals surface area (Å²) < 4.78 is 11.0. The Labute approximate surface area is 131 Å². The van der Waals surface area contributed by atoms with Gasteiger partial charge >= 0.3 is 0 Å². The van der Waals surface area contributed by atoms with Gasteiger partial charge in [-0.05, 0) is 19.8 Å². The zero-order valence-corrected chi connectivity index (χ0v) is 13.6. The molecule has 0 bridgehead atoms. The SMILES string of the molecule is CN=C(NCCOC1CCCCCC1)NCc1nc(C)no1. The van der Waals surface area contributed by atoms with Crippen molar-refractivity contribution in [1.29, 1.82) is 0 Å². The lowest BCUT2D eigenvalue weighted by atomic mass is 10.1. The van der Waals surface area contributed by atoms with E-state index in [-0.39, 0.29) is 0 Å². The van der Waals surface area contributed by atoms with Gasteiger partial charge in [-0.3, -0.25) is 4.99 Å². The van der Waals surface area contributed by atoms with E-state index in [0.29, 0.717) is 36.9 Å². The number of aryl methyl sites for hydroxylation is 1. The highest BCUT2D eigenvalue weighted by Crippen LogP contribution is 2.19. The molecule has 0 saturated heterocycles. The van der Waals surface area contributed by atoms with Crippen LogP contribution in [0.5, 0.6) is 0 Å². The van der Waals surface area contributed by atoms with Crippen molar-refractivity contribution in [2.24, 2.45) is 4.99 Å². The molecule has 1 aromatic heterocycles. The Balaban J connectivity index is 1.59. The van der Waals surface area contributed by atoms with Crippen molar-refractivity contribution in [2.75, 3.05) is 20.2 Å². The van der Waals surface area contributed by atoms with Gasteiger partial charge in [0.1, 0.15) is 0 Å². The number of nitrogens with one attached hydrogen (secondary N) is 2. The third-order valence-corrected chi connectivity index (χ3v) is 3.75. The van der Waals surface area contributed by atoms with Crippen LogP contribution >= 0.6 is 0 Å². The second kappa shape index (κ2) is 9.40. The van der Waals surface area contributed by atoms with Crippen molar-refractivity contribution >= 4 is 5.96 Å². The van der Waals surface area contributed by atoms with Crippen LogP contribution in [-0.4, -0.2) is 42.4 Å². The molecule has 124 valence electrons. The van der Waals surface area contributed by atoms with Crippen molar-refractivity contribution in [3.05, 3.63) is 11.7 Å². The van der Waals surface area contributed by atoms with Crippen LogP contribution in [0.25, 0.3) is 0 Å². The monoisotopic (exact) mass is 309 g/mol. The molecule has 0 spiro atoms. The predicted molar refractivity (Wildman–Crippen MR) is 84.7 cm³/mol. The second-order valence-corrected chi connectivity index (χ2v) is 5.57. The van der Waals surface area contributed by atoms with Crippen LogP contribution in [0.3, 0.4) is 0 Å². The molecule has 22 heavy (non-hydrogen) atoms. The topological polar surface area (TPSA) is 84.6 Å². The van der Waals surface area contributed by atoms with Crippen LogP contribution in [0.2, 0.25) is 0 Å². The highest BCUT2D eigenvalue weighted by Gasteiger charge is 2.12. The largest absolute Gasteiger partial charge is 0.376 e. The molecule has 0 amide bonds. The summed E-state index contributed by atoms with van der Waals surface area (Å²) in [6.45, 7) is 3.69. The maximum atomic E-state index is 5.94. The van der Waals surface area contributed by atoms with Crippen molar-refractivity contribution in [1.82, 2.24) is 20.8 Å². The first kappa shape index (κ1) is 16.7. The molecule has 1 fully saturated rings. The average molecular weight is 309 g/mol. The van der Waals surface area contributed by atoms with E-state index in [1.807, 2.05) is 0 Å². The molecular formula is C15H27N5O2. The molecule has 1 heterocycles. The minimum absolute atomic E-state index is 0.431. The van der Waals surface area contributed by atoms with Crippen LogP contribution in [0, 0.1) is 6.92 Å². The van der Waals surface area contributed by atoms with Gasteiger partial charge < -0.3 is 19.9 Å². The third kappa shape index (κ3) is 6.01. The summed E-state index contributed by atoms with van der Waals surface area (Å²) in [4.78, 5) is 8.29. The fourth-order valence-electron chi connectivity index (χ4n) is 2.60. The first-order valence-corrected chi connectivity index (χ1v) is 8.13. The molecule has 1 saturated carbocycles. The number of guanidine groups is 1. The fourth-order valence-corrected chi connectivity index (χ4v) is 2.60. The van der Waals surface area contributed by atoms with Gasteiger partial charge in [0.05, 0.1) is 19.3 Å². The van der Waals surface area contributed by atoms with Gasteiger partial charge in [0, 0.05) is 13.6 Å². The maximum absolute atomic E-state index is 5.94. The summed E-state index contributed by atoms with van der Waals surface area (Å²) in [6.07, 6.45) is 8.12. The van der Waals surface area contributed by atoms with Crippen molar-refractivity contribution in [3.8, 4) is 0 Å². The molecule has 0 radical (unpaired) electrons. The Kier molecular flexibility index (Phi) is 7.15. The molecule has 0 atom stereocenters. The second-order valence-electron chi connectivity index (χ2n) is 5.57. The maximum Gasteiger partial charge on any atom is 0.246 e. The highest BCUT2D eigenvalue weighted by molar-refractivity contribution is 5.79. The van der Waals surface area contributed by atoms with Crippen molar-refractivity contribution in [3.63, 3.8) is 0 Å². The molecule has 0 aromatic carbocycles. The van der Waals surface area contributed by atoms with E-state index in [2.05, 4.69) is 25.8 Å². The molecule has 7 nitrogen and oxygen atoms in total. The lowest BCUT2D eigenvalue weighted by Gasteiger charge is -2.16. The van der Waals surface area contributed by atoms with Gasteiger partial charge in [-0.15, -0.1) is 0 Å². The molecule has 1 aliphatic carbocycles. The van der Waals surface area contributed by atoms with E-state index < -0.39 is 0 Å². The van der Waals surface area contributed by atoms with Crippen LogP contribution in [0.1, 0.15) is 50.2 Å². The van der Waals surface area contributed by atoms with Crippen LogP contribution in [0.4, 0.5) is 0 Å². The van der Waals surface area contributed by atoms with E-state index in [1.165, 1.54) is 38.5 Å². The van der Waals surface area contributed by atoms with Crippen LogP contribution in [0.15, 0.2) is 9.52 Å². The predicted octanol–water partition coefficient (Wildman–Crippen LogP) is 1.78. The van der Waals surface area contributed by atoms with Gasteiger partial charge in [0.15, 0.2) is 11.8 Å². The highest BCUT2D eigenvalue weighted by atomic mass is 16.5. The summed E-state index contributed by atoms with van der Waals surface area (Å²) in [5, 5.41) is 10.1. The minimum Gasteiger partial charge on any atom is -0.376 e. The average Bonchev–Trinajstić information content (AvgIpc) is 2.78. The number of hydrogen-bond acceptors (Lipinski definition) is 5. The van der Waals surface area contributed by atoms with Crippen molar-refractivity contribution < 1.29 is 9.26 Å². The Morgan fingerprint density at radius 2 is 2.05 bits per heavy atom. The summed E-state index contributed by atoms with van der Waals surface area (Å²) >= 11 is 0. The van der Waals surface area contributed by atoms with Crippen molar-refractivity contribution in [2.45, 2.75) is 58.1 Å². The van der Waals surface area contributed by atoms with Gasteiger partial charge in [-0.2, -0.15) is 4.98 Å². The zero-order chi connectivity index (χ0) is 15.6. The molecule has 2 N–H and O–H groups in total. The molecule has 1 aromatic rings. The quantitative estimate of drug-likeness (QED) is 0.361. The Bertz CT molecular complexity index is 453. The summed E-state index contributed by atoms with van der Waals surface area (Å²) in [6, 6.07) is 0. The summed E-state index contributed by atoms with van der Waals surface area (Å²) in [7, 11) is 1.74. The fraction of sp³-hybridized carbons (Fsp3) is 0.800. The number of nitrogens with zero attached hydrogens (tertiary/aromatic N) is 3.